The molecule has 32 heavy (non-hydrogen) atoms. The second-order valence-electron chi connectivity index (χ2n) is 7.45. The molecule has 5 nitrogen and oxygen atoms in total. The van der Waals surface area contributed by atoms with E-state index in [0.717, 1.165) is 12.1 Å². The first kappa shape index (κ1) is 23.8. The summed E-state index contributed by atoms with van der Waals surface area (Å²) < 4.78 is 73.5. The van der Waals surface area contributed by atoms with Crippen LogP contribution < -0.4 is 9.46 Å². The first-order valence-corrected chi connectivity index (χ1v) is 11.2. The Balaban J connectivity index is 1.83. The molecule has 0 radical (unpaired) electrons. The van der Waals surface area contributed by atoms with Crippen molar-refractivity contribution in [2.45, 2.75) is 17.1 Å². The molecule has 1 unspecified atom stereocenters. The van der Waals surface area contributed by atoms with Gasteiger partial charge in [0.05, 0.1) is 16.5 Å². The third-order valence-corrected chi connectivity index (χ3v) is 6.06. The lowest BCUT2D eigenvalue weighted by Gasteiger charge is -2.23. The molecule has 0 aromatic heterocycles. The minimum atomic E-state index is -4.52. The van der Waals surface area contributed by atoms with Crippen molar-refractivity contribution in [3.05, 3.63) is 90.0 Å². The molecule has 1 N–H and O–H groups in total. The maximum atomic E-state index is 13.1. The van der Waals surface area contributed by atoms with Crippen molar-refractivity contribution >= 4 is 10.0 Å². The van der Waals surface area contributed by atoms with E-state index in [2.05, 4.69) is 4.72 Å². The van der Waals surface area contributed by atoms with E-state index < -0.39 is 27.8 Å². The molecule has 3 aromatic rings. The van der Waals surface area contributed by atoms with Crippen molar-refractivity contribution in [3.63, 3.8) is 0 Å². The fourth-order valence-corrected chi connectivity index (χ4v) is 4.29. The molecule has 0 heterocycles. The van der Waals surface area contributed by atoms with Gasteiger partial charge in [-0.15, -0.1) is 0 Å². The first-order chi connectivity index (χ1) is 15.0. The molecular weight excluding hydrogens is 441 g/mol. The Morgan fingerprint density at radius 1 is 0.906 bits per heavy atom. The van der Waals surface area contributed by atoms with Gasteiger partial charge in [-0.25, -0.2) is 13.1 Å². The van der Waals surface area contributed by atoms with Gasteiger partial charge in [-0.3, -0.25) is 0 Å². The Bertz CT molecular complexity index is 1130. The minimum absolute atomic E-state index is 0.0198. The van der Waals surface area contributed by atoms with Gasteiger partial charge in [0.2, 0.25) is 10.0 Å². The van der Waals surface area contributed by atoms with Crippen molar-refractivity contribution in [2.24, 2.45) is 0 Å². The van der Waals surface area contributed by atoms with Crippen LogP contribution in [0.3, 0.4) is 0 Å². The van der Waals surface area contributed by atoms with Crippen molar-refractivity contribution in [1.29, 1.82) is 0 Å². The topological polar surface area (TPSA) is 58.6 Å². The van der Waals surface area contributed by atoms with Crippen LogP contribution in [0.1, 0.15) is 17.2 Å². The lowest BCUT2D eigenvalue weighted by Crippen LogP contribution is -2.35. The number of benzene rings is 3. The van der Waals surface area contributed by atoms with Crippen LogP contribution in [-0.4, -0.2) is 34.0 Å². The number of rotatable bonds is 8. The van der Waals surface area contributed by atoms with Gasteiger partial charge in [-0.05, 0) is 68.2 Å². The number of hydrogen-bond acceptors (Lipinski definition) is 4. The predicted molar refractivity (Wildman–Crippen MR) is 116 cm³/mol. The number of hydrogen-bond donors (Lipinski definition) is 1. The van der Waals surface area contributed by atoms with E-state index in [1.54, 1.807) is 31.1 Å². The van der Waals surface area contributed by atoms with Crippen molar-refractivity contribution in [1.82, 2.24) is 9.62 Å². The van der Waals surface area contributed by atoms with E-state index in [4.69, 9.17) is 4.74 Å². The van der Waals surface area contributed by atoms with E-state index >= 15 is 0 Å². The standard InChI is InChI=1S/C23H23F3N2O3S/c1-28(2)16-22(17-7-6-8-18(15-17)23(24,25)26)27-32(29,30)21-13-11-20(12-14-21)31-19-9-4-3-5-10-19/h3-15,22,27H,16H2,1-2H3. The lowest BCUT2D eigenvalue weighted by molar-refractivity contribution is -0.137. The van der Waals surface area contributed by atoms with Gasteiger partial charge in [0.15, 0.2) is 0 Å². The molecule has 3 rings (SSSR count). The third-order valence-electron chi connectivity index (χ3n) is 4.57. The van der Waals surface area contributed by atoms with E-state index in [1.807, 2.05) is 18.2 Å². The molecule has 0 saturated carbocycles. The monoisotopic (exact) mass is 464 g/mol. The first-order valence-electron chi connectivity index (χ1n) is 9.72. The number of nitrogens with zero attached hydrogens (tertiary/aromatic N) is 1. The van der Waals surface area contributed by atoms with Crippen LogP contribution in [0.5, 0.6) is 11.5 Å². The number of alkyl halides is 3. The molecule has 0 aliphatic heterocycles. The molecule has 3 aromatic carbocycles. The summed E-state index contributed by atoms with van der Waals surface area (Å²) in [5, 5.41) is 0. The average Bonchev–Trinajstić information content (AvgIpc) is 2.73. The highest BCUT2D eigenvalue weighted by molar-refractivity contribution is 7.89. The fourth-order valence-electron chi connectivity index (χ4n) is 3.07. The van der Waals surface area contributed by atoms with Gasteiger partial charge in [0.1, 0.15) is 11.5 Å². The van der Waals surface area contributed by atoms with Gasteiger partial charge < -0.3 is 9.64 Å². The van der Waals surface area contributed by atoms with Crippen molar-refractivity contribution in [3.8, 4) is 11.5 Å². The molecule has 0 aliphatic rings. The van der Waals surface area contributed by atoms with Crippen LogP contribution in [-0.2, 0) is 16.2 Å². The second-order valence-corrected chi connectivity index (χ2v) is 9.16. The van der Waals surface area contributed by atoms with Crippen molar-refractivity contribution in [2.75, 3.05) is 20.6 Å². The molecule has 0 spiro atoms. The molecule has 0 amide bonds. The van der Waals surface area contributed by atoms with Crippen LogP contribution in [0.2, 0.25) is 0 Å². The number of sulfonamides is 1. The molecule has 0 fully saturated rings. The Morgan fingerprint density at radius 3 is 2.12 bits per heavy atom. The predicted octanol–water partition coefficient (Wildman–Crippen LogP) is 5.08. The van der Waals surface area contributed by atoms with E-state index in [0.29, 0.717) is 11.5 Å². The summed E-state index contributed by atoms with van der Waals surface area (Å²) in [6, 6.07) is 18.6. The Labute approximate surface area is 185 Å². The molecule has 0 aliphatic carbocycles. The van der Waals surface area contributed by atoms with Gasteiger partial charge in [-0.1, -0.05) is 30.3 Å². The fraction of sp³-hybridized carbons (Fsp3) is 0.217. The van der Waals surface area contributed by atoms with Gasteiger partial charge in [-0.2, -0.15) is 13.2 Å². The normalized spacial score (nSPS) is 13.2. The lowest BCUT2D eigenvalue weighted by atomic mass is 10.0. The summed E-state index contributed by atoms with van der Waals surface area (Å²) >= 11 is 0. The highest BCUT2D eigenvalue weighted by Crippen LogP contribution is 2.31. The van der Waals surface area contributed by atoms with E-state index in [1.165, 1.54) is 36.4 Å². The molecule has 0 saturated heterocycles. The number of ether oxygens (including phenoxy) is 1. The molecule has 170 valence electrons. The van der Waals surface area contributed by atoms with Gasteiger partial charge in [0.25, 0.3) is 0 Å². The Kier molecular flexibility index (Phi) is 7.22. The van der Waals surface area contributed by atoms with E-state index in [9.17, 15) is 21.6 Å². The Morgan fingerprint density at radius 2 is 1.53 bits per heavy atom. The summed E-state index contributed by atoms with van der Waals surface area (Å²) in [5.74, 6) is 1.06. The summed E-state index contributed by atoms with van der Waals surface area (Å²) in [6.07, 6.45) is -4.52. The summed E-state index contributed by atoms with van der Waals surface area (Å²) in [4.78, 5) is 1.68. The van der Waals surface area contributed by atoms with Crippen LogP contribution in [0, 0.1) is 0 Å². The van der Waals surface area contributed by atoms with E-state index in [-0.39, 0.29) is 17.0 Å². The summed E-state index contributed by atoms with van der Waals surface area (Å²) in [6.45, 7) is 0.176. The Hall–Kier alpha value is -2.88. The zero-order valence-corrected chi connectivity index (χ0v) is 18.3. The van der Waals surface area contributed by atoms with Gasteiger partial charge in [0, 0.05) is 6.54 Å². The number of para-hydroxylation sites is 1. The molecule has 0 bridgehead atoms. The zero-order chi connectivity index (χ0) is 23.4. The maximum absolute atomic E-state index is 13.1. The number of likely N-dealkylation sites (N-methyl/N-ethyl adjacent to an activating group) is 1. The van der Waals surface area contributed by atoms with Crippen LogP contribution in [0.25, 0.3) is 0 Å². The third kappa shape index (κ3) is 6.32. The van der Waals surface area contributed by atoms with Crippen LogP contribution in [0.4, 0.5) is 13.2 Å². The number of halogens is 3. The molecule has 1 atom stereocenters. The maximum Gasteiger partial charge on any atom is 0.416 e. The smallest absolute Gasteiger partial charge is 0.416 e. The minimum Gasteiger partial charge on any atom is -0.457 e. The molecular formula is C23H23F3N2O3S. The molecule has 9 heteroatoms. The quantitative estimate of drug-likeness (QED) is 0.505. The number of nitrogens with one attached hydrogen (secondary N) is 1. The average molecular weight is 465 g/mol. The summed E-state index contributed by atoms with van der Waals surface area (Å²) in [7, 11) is -0.579. The van der Waals surface area contributed by atoms with Gasteiger partial charge >= 0.3 is 6.18 Å². The highest BCUT2D eigenvalue weighted by Gasteiger charge is 2.31. The largest absolute Gasteiger partial charge is 0.457 e. The SMILES string of the molecule is CN(C)CC(NS(=O)(=O)c1ccc(Oc2ccccc2)cc1)c1cccc(C(F)(F)F)c1. The van der Waals surface area contributed by atoms with Crippen LogP contribution >= 0.6 is 0 Å². The second kappa shape index (κ2) is 9.72. The zero-order valence-electron chi connectivity index (χ0n) is 17.5. The highest BCUT2D eigenvalue weighted by atomic mass is 32.2. The van der Waals surface area contributed by atoms with Crippen LogP contribution in [0.15, 0.2) is 83.8 Å². The van der Waals surface area contributed by atoms with Crippen molar-refractivity contribution < 1.29 is 26.3 Å². The summed E-state index contributed by atoms with van der Waals surface area (Å²) in [5.41, 5.74) is -0.610.